The smallest absolute Gasteiger partial charge is 0.335 e. The van der Waals surface area contributed by atoms with Crippen LogP contribution in [0.3, 0.4) is 0 Å². The zero-order valence-corrected chi connectivity index (χ0v) is 52.9. The number of carbonyl (C=O) groups is 4. The summed E-state index contributed by atoms with van der Waals surface area (Å²) >= 11 is 0. The van der Waals surface area contributed by atoms with E-state index >= 15 is 0 Å². The van der Waals surface area contributed by atoms with Gasteiger partial charge < -0.3 is 39.0 Å². The van der Waals surface area contributed by atoms with Crippen LogP contribution in [0.25, 0.3) is 0 Å². The van der Waals surface area contributed by atoms with Crippen LogP contribution in [-0.4, -0.2) is 89.2 Å². The Morgan fingerprint density at radius 3 is 1.08 bits per heavy atom. The zero-order valence-electron chi connectivity index (χ0n) is 52.9. The molecule has 12 heteroatoms. The molecule has 0 amide bonds. The molecular weight excluding hydrogens is 1040 g/mol. The first-order chi connectivity index (χ1) is 40.6. The first-order valence-electron chi connectivity index (χ1n) is 33.9. The van der Waals surface area contributed by atoms with E-state index in [-0.39, 0.29) is 25.9 Å². The van der Waals surface area contributed by atoms with E-state index in [0.717, 1.165) is 122 Å². The molecule has 3 N–H and O–H groups in total. The fourth-order valence-corrected chi connectivity index (χ4v) is 9.99. The third-order valence-electron chi connectivity index (χ3n) is 15.2. The Balaban J connectivity index is 2.65. The van der Waals surface area contributed by atoms with Gasteiger partial charge in [0.1, 0.15) is 18.8 Å². The van der Waals surface area contributed by atoms with Gasteiger partial charge in [0.15, 0.2) is 24.6 Å². The van der Waals surface area contributed by atoms with Gasteiger partial charge in [0.05, 0.1) is 6.61 Å². The SMILES string of the molecule is CCCCC/C=C\C/C=C\CCCCCCCCCCCC(=O)OC1C(OCC(COC(=O)CCCCCCCCC/C=C\C/C=C\CCCCC)OC(=O)CCCCCCCCC/C=C\C/C=C\CCCCC)OC(C(=O)O)C(O)C1O. The summed E-state index contributed by atoms with van der Waals surface area (Å²) < 4.78 is 28.6. The molecule has 478 valence electrons. The van der Waals surface area contributed by atoms with Gasteiger partial charge in [-0.2, -0.15) is 0 Å². The van der Waals surface area contributed by atoms with E-state index in [1.165, 1.54) is 122 Å². The van der Waals surface area contributed by atoms with Crippen LogP contribution < -0.4 is 0 Å². The Labute approximate surface area is 506 Å². The number of rotatable bonds is 58. The molecule has 83 heavy (non-hydrogen) atoms. The average molecular weight is 1170 g/mol. The van der Waals surface area contributed by atoms with Gasteiger partial charge in [0.25, 0.3) is 0 Å². The minimum Gasteiger partial charge on any atom is -0.479 e. The minimum absolute atomic E-state index is 0.0531. The molecule has 0 bridgehead atoms. The molecule has 0 radical (unpaired) electrons. The maximum absolute atomic E-state index is 13.2. The molecule has 0 aromatic heterocycles. The number of allylic oxidation sites excluding steroid dienone is 12. The molecule has 0 aliphatic carbocycles. The number of carboxylic acid groups (broad SMARTS) is 1. The summed E-state index contributed by atoms with van der Waals surface area (Å²) in [6, 6.07) is 0. The van der Waals surface area contributed by atoms with Crippen LogP contribution in [0.15, 0.2) is 72.9 Å². The molecular formula is C71H122O12. The van der Waals surface area contributed by atoms with Crippen molar-refractivity contribution >= 4 is 23.9 Å². The summed E-state index contributed by atoms with van der Waals surface area (Å²) in [6.45, 7) is 5.95. The van der Waals surface area contributed by atoms with Crippen LogP contribution >= 0.6 is 0 Å². The van der Waals surface area contributed by atoms with Gasteiger partial charge in [-0.3, -0.25) is 14.4 Å². The van der Waals surface area contributed by atoms with Gasteiger partial charge in [-0.1, -0.05) is 241 Å². The van der Waals surface area contributed by atoms with Gasteiger partial charge >= 0.3 is 23.9 Å². The van der Waals surface area contributed by atoms with Gasteiger partial charge in [-0.25, -0.2) is 4.79 Å². The lowest BCUT2D eigenvalue weighted by Crippen LogP contribution is -2.61. The molecule has 12 nitrogen and oxygen atoms in total. The van der Waals surface area contributed by atoms with Crippen molar-refractivity contribution in [1.29, 1.82) is 0 Å². The molecule has 0 saturated carbocycles. The molecule has 0 aromatic carbocycles. The molecule has 1 aliphatic heterocycles. The number of hydrogen-bond acceptors (Lipinski definition) is 11. The van der Waals surface area contributed by atoms with Crippen molar-refractivity contribution in [2.45, 2.75) is 340 Å². The summed E-state index contributed by atoms with van der Waals surface area (Å²) in [4.78, 5) is 51.4. The first kappa shape index (κ1) is 77.2. The lowest BCUT2D eigenvalue weighted by molar-refractivity contribution is -0.301. The third-order valence-corrected chi connectivity index (χ3v) is 15.2. The van der Waals surface area contributed by atoms with Crippen molar-refractivity contribution in [1.82, 2.24) is 0 Å². The predicted octanol–water partition coefficient (Wildman–Crippen LogP) is 18.5. The van der Waals surface area contributed by atoms with Crippen LogP contribution in [-0.2, 0) is 42.9 Å². The van der Waals surface area contributed by atoms with E-state index < -0.39 is 67.3 Å². The Morgan fingerprint density at radius 1 is 0.398 bits per heavy atom. The molecule has 6 unspecified atom stereocenters. The summed E-state index contributed by atoms with van der Waals surface area (Å²) in [5, 5.41) is 31.6. The van der Waals surface area contributed by atoms with E-state index in [0.29, 0.717) is 19.3 Å². The molecule has 1 fully saturated rings. The number of carbonyl (C=O) groups excluding carboxylic acids is 3. The van der Waals surface area contributed by atoms with Gasteiger partial charge in [0.2, 0.25) is 0 Å². The third kappa shape index (κ3) is 48.0. The van der Waals surface area contributed by atoms with Crippen molar-refractivity contribution in [3.05, 3.63) is 72.9 Å². The summed E-state index contributed by atoms with van der Waals surface area (Å²) in [5.74, 6) is -3.13. The summed E-state index contributed by atoms with van der Waals surface area (Å²) in [5.41, 5.74) is 0. The van der Waals surface area contributed by atoms with Crippen molar-refractivity contribution in [2.24, 2.45) is 0 Å². The van der Waals surface area contributed by atoms with Crippen LogP contribution in [0.1, 0.15) is 303 Å². The number of carboxylic acids is 1. The number of unbranched alkanes of at least 4 members (excludes halogenated alkanes) is 32. The van der Waals surface area contributed by atoms with Crippen LogP contribution in [0, 0.1) is 0 Å². The van der Waals surface area contributed by atoms with E-state index in [1.807, 2.05) is 0 Å². The highest BCUT2D eigenvalue weighted by Gasteiger charge is 2.50. The topological polar surface area (TPSA) is 175 Å². The number of hydrogen-bond donors (Lipinski definition) is 3. The minimum atomic E-state index is -1.91. The van der Waals surface area contributed by atoms with E-state index in [1.54, 1.807) is 0 Å². The number of aliphatic carboxylic acids is 1. The van der Waals surface area contributed by atoms with Gasteiger partial charge in [-0.05, 0) is 116 Å². The van der Waals surface area contributed by atoms with Crippen molar-refractivity contribution in [3.8, 4) is 0 Å². The van der Waals surface area contributed by atoms with Crippen LogP contribution in [0.5, 0.6) is 0 Å². The highest BCUT2D eigenvalue weighted by Crippen LogP contribution is 2.27. The maximum atomic E-state index is 13.2. The Kier molecular flexibility index (Phi) is 54.4. The highest BCUT2D eigenvalue weighted by atomic mass is 16.7. The molecule has 1 aliphatic rings. The van der Waals surface area contributed by atoms with Gasteiger partial charge in [-0.15, -0.1) is 0 Å². The van der Waals surface area contributed by atoms with E-state index in [2.05, 4.69) is 93.7 Å². The molecule has 1 saturated heterocycles. The Morgan fingerprint density at radius 2 is 0.723 bits per heavy atom. The summed E-state index contributed by atoms with van der Waals surface area (Å²) in [6.07, 6.45) is 62.7. The van der Waals surface area contributed by atoms with E-state index in [9.17, 15) is 34.5 Å². The van der Waals surface area contributed by atoms with Gasteiger partial charge in [0, 0.05) is 19.3 Å². The number of aliphatic hydroxyl groups excluding tert-OH is 2. The van der Waals surface area contributed by atoms with Crippen molar-refractivity contribution in [2.75, 3.05) is 13.2 Å². The summed E-state index contributed by atoms with van der Waals surface area (Å²) in [7, 11) is 0. The fraction of sp³-hybridized carbons (Fsp3) is 0.775. The molecule has 0 spiro atoms. The Hall–Kier alpha value is -3.84. The normalized spacial score (nSPS) is 18.0. The zero-order chi connectivity index (χ0) is 60.3. The average Bonchev–Trinajstić information content (AvgIpc) is 3.55. The van der Waals surface area contributed by atoms with Crippen molar-refractivity contribution < 1.29 is 58.2 Å². The van der Waals surface area contributed by atoms with Crippen molar-refractivity contribution in [3.63, 3.8) is 0 Å². The Bertz CT molecular complexity index is 1720. The lowest BCUT2D eigenvalue weighted by atomic mass is 9.98. The fourth-order valence-electron chi connectivity index (χ4n) is 9.99. The molecule has 6 atom stereocenters. The standard InChI is InChI=1S/C71H122O12/c1-4-7-10-13-16-19-22-25-28-31-32-35-38-41-44-47-50-53-56-59-65(74)82-69-67(76)66(75)68(70(77)78)83-71(69)80-61-62(81-64(73)58-55-52-49-46-43-40-37-34-30-27-24-21-18-15-12-9-6-3)60-79-63(72)57-54-51-48-45-42-39-36-33-29-26-23-20-17-14-11-8-5-2/h16-21,25-30,62,66-69,71,75-76H,4-15,22-24,31-61H2,1-3H3,(H,77,78)/b19-16-,20-17-,21-18-,28-25-,29-26-,30-27-. The second kappa shape index (κ2) is 58.5. The van der Waals surface area contributed by atoms with Crippen LogP contribution in [0.2, 0.25) is 0 Å². The second-order valence-corrected chi connectivity index (χ2v) is 23.1. The maximum Gasteiger partial charge on any atom is 0.335 e. The lowest BCUT2D eigenvalue weighted by Gasteiger charge is -2.40. The number of esters is 3. The molecule has 1 rings (SSSR count). The number of ether oxygens (including phenoxy) is 5. The number of aliphatic hydroxyl groups is 2. The molecule has 1 heterocycles. The largest absolute Gasteiger partial charge is 0.479 e. The van der Waals surface area contributed by atoms with Crippen LogP contribution in [0.4, 0.5) is 0 Å². The quantitative estimate of drug-likeness (QED) is 0.0228. The molecule has 0 aromatic rings. The second-order valence-electron chi connectivity index (χ2n) is 23.1. The highest BCUT2D eigenvalue weighted by molar-refractivity contribution is 5.74. The van der Waals surface area contributed by atoms with E-state index in [4.69, 9.17) is 23.7 Å². The predicted molar refractivity (Wildman–Crippen MR) is 340 cm³/mol. The first-order valence-corrected chi connectivity index (χ1v) is 33.9. The monoisotopic (exact) mass is 1170 g/mol.